The van der Waals surface area contributed by atoms with E-state index >= 15 is 0 Å². The molecule has 0 aliphatic carbocycles. The van der Waals surface area contributed by atoms with E-state index in [-0.39, 0.29) is 5.69 Å². The zero-order valence-electron chi connectivity index (χ0n) is 10.4. The summed E-state index contributed by atoms with van der Waals surface area (Å²) in [6.07, 6.45) is 0. The molecule has 0 aliphatic rings. The van der Waals surface area contributed by atoms with Crippen LogP contribution in [0.15, 0.2) is 48.5 Å². The fourth-order valence-corrected chi connectivity index (χ4v) is 1.77. The van der Waals surface area contributed by atoms with E-state index in [1.807, 2.05) is 24.3 Å². The van der Waals surface area contributed by atoms with E-state index in [4.69, 9.17) is 5.73 Å². The van der Waals surface area contributed by atoms with Gasteiger partial charge in [-0.1, -0.05) is 30.3 Å². The maximum absolute atomic E-state index is 10.5. The number of anilines is 1. The molecule has 0 bridgehead atoms. The summed E-state index contributed by atoms with van der Waals surface area (Å²) < 4.78 is 0. The molecule has 0 saturated carbocycles. The number of hydrogen-bond donors (Lipinski definition) is 2. The van der Waals surface area contributed by atoms with Crippen LogP contribution < -0.4 is 11.1 Å². The Labute approximate surface area is 111 Å². The number of nitro groups is 1. The van der Waals surface area contributed by atoms with Crippen LogP contribution in [0.2, 0.25) is 0 Å². The largest absolute Gasteiger partial charge is 0.398 e. The quantitative estimate of drug-likeness (QED) is 0.490. The Morgan fingerprint density at radius 2 is 1.74 bits per heavy atom. The fraction of sp³-hybridized carbons (Fsp3) is 0.143. The Kier molecular flexibility index (Phi) is 4.10. The third-order valence-electron chi connectivity index (χ3n) is 2.85. The molecule has 3 N–H and O–H groups in total. The lowest BCUT2D eigenvalue weighted by molar-refractivity contribution is -0.384. The van der Waals surface area contributed by atoms with Crippen molar-refractivity contribution < 1.29 is 4.92 Å². The Morgan fingerprint density at radius 3 is 2.37 bits per heavy atom. The summed E-state index contributed by atoms with van der Waals surface area (Å²) in [5.74, 6) is 0. The zero-order valence-corrected chi connectivity index (χ0v) is 10.4. The molecule has 2 aromatic carbocycles. The second-order valence-electron chi connectivity index (χ2n) is 4.23. The first-order valence-corrected chi connectivity index (χ1v) is 5.94. The minimum absolute atomic E-state index is 0.107. The molecule has 19 heavy (non-hydrogen) atoms. The SMILES string of the molecule is Nc1ccccc1CNCc1ccc([N+](=O)[O-])cc1. The lowest BCUT2D eigenvalue weighted by atomic mass is 10.1. The third kappa shape index (κ3) is 3.53. The predicted molar refractivity (Wildman–Crippen MR) is 74.5 cm³/mol. The highest BCUT2D eigenvalue weighted by Crippen LogP contribution is 2.13. The first-order chi connectivity index (χ1) is 9.16. The van der Waals surface area contributed by atoms with Gasteiger partial charge in [0.15, 0.2) is 0 Å². The van der Waals surface area contributed by atoms with Crippen molar-refractivity contribution in [1.82, 2.24) is 5.32 Å². The van der Waals surface area contributed by atoms with Crippen LogP contribution >= 0.6 is 0 Å². The summed E-state index contributed by atoms with van der Waals surface area (Å²) in [7, 11) is 0. The topological polar surface area (TPSA) is 81.2 Å². The number of para-hydroxylation sites is 1. The molecule has 0 heterocycles. The second kappa shape index (κ2) is 5.97. The highest BCUT2D eigenvalue weighted by atomic mass is 16.6. The van der Waals surface area contributed by atoms with Gasteiger partial charge in [0.1, 0.15) is 0 Å². The molecule has 2 rings (SSSR count). The summed E-state index contributed by atoms with van der Waals surface area (Å²) in [4.78, 5) is 10.1. The van der Waals surface area contributed by atoms with Crippen LogP contribution in [-0.4, -0.2) is 4.92 Å². The Morgan fingerprint density at radius 1 is 1.05 bits per heavy atom. The third-order valence-corrected chi connectivity index (χ3v) is 2.85. The van der Waals surface area contributed by atoms with Crippen LogP contribution in [0, 0.1) is 10.1 Å². The van der Waals surface area contributed by atoms with Crippen molar-refractivity contribution in [3.05, 3.63) is 69.8 Å². The predicted octanol–water partition coefficient (Wildman–Crippen LogP) is 2.47. The molecule has 5 heteroatoms. The lowest BCUT2D eigenvalue weighted by Crippen LogP contribution is -2.13. The van der Waals surface area contributed by atoms with Gasteiger partial charge in [-0.05, 0) is 17.2 Å². The molecule has 0 unspecified atom stereocenters. The molecule has 2 aromatic rings. The van der Waals surface area contributed by atoms with E-state index in [0.29, 0.717) is 13.1 Å². The highest BCUT2D eigenvalue weighted by Gasteiger charge is 2.03. The number of hydrogen-bond acceptors (Lipinski definition) is 4. The molecule has 98 valence electrons. The smallest absolute Gasteiger partial charge is 0.269 e. The standard InChI is InChI=1S/C14H15N3O2/c15-14-4-2-1-3-12(14)10-16-9-11-5-7-13(8-6-11)17(18)19/h1-8,16H,9-10,15H2. The Balaban J connectivity index is 1.89. The van der Waals surface area contributed by atoms with E-state index < -0.39 is 4.92 Å². The molecule has 0 spiro atoms. The Hall–Kier alpha value is -2.40. The maximum Gasteiger partial charge on any atom is 0.269 e. The highest BCUT2D eigenvalue weighted by molar-refractivity contribution is 5.46. The first kappa shape index (κ1) is 13.0. The van der Waals surface area contributed by atoms with Gasteiger partial charge in [-0.2, -0.15) is 0 Å². The van der Waals surface area contributed by atoms with E-state index in [2.05, 4.69) is 5.32 Å². The van der Waals surface area contributed by atoms with Crippen molar-refractivity contribution in [2.75, 3.05) is 5.73 Å². The maximum atomic E-state index is 10.5. The molecular formula is C14H15N3O2. The molecule has 0 radical (unpaired) electrons. The molecule has 0 aromatic heterocycles. The monoisotopic (exact) mass is 257 g/mol. The number of nitrogens with zero attached hydrogens (tertiary/aromatic N) is 1. The molecular weight excluding hydrogens is 242 g/mol. The van der Waals surface area contributed by atoms with Crippen molar-refractivity contribution in [2.24, 2.45) is 0 Å². The van der Waals surface area contributed by atoms with Gasteiger partial charge in [0.05, 0.1) is 4.92 Å². The van der Waals surface area contributed by atoms with Crippen LogP contribution in [0.25, 0.3) is 0 Å². The van der Waals surface area contributed by atoms with E-state index in [0.717, 1.165) is 16.8 Å². The van der Waals surface area contributed by atoms with Gasteiger partial charge in [-0.15, -0.1) is 0 Å². The minimum Gasteiger partial charge on any atom is -0.398 e. The molecule has 0 saturated heterocycles. The van der Waals surface area contributed by atoms with Crippen LogP contribution in [0.3, 0.4) is 0 Å². The van der Waals surface area contributed by atoms with Crippen LogP contribution in [0.4, 0.5) is 11.4 Å². The van der Waals surface area contributed by atoms with Gasteiger partial charge in [-0.25, -0.2) is 0 Å². The molecule has 0 aliphatic heterocycles. The van der Waals surface area contributed by atoms with Crippen LogP contribution in [0.1, 0.15) is 11.1 Å². The number of benzene rings is 2. The molecule has 0 atom stereocenters. The van der Waals surface area contributed by atoms with E-state index in [1.165, 1.54) is 12.1 Å². The Bertz CT molecular complexity index is 567. The van der Waals surface area contributed by atoms with Crippen molar-refractivity contribution in [1.29, 1.82) is 0 Å². The van der Waals surface area contributed by atoms with Gasteiger partial charge < -0.3 is 11.1 Å². The van der Waals surface area contributed by atoms with Crippen molar-refractivity contribution in [3.63, 3.8) is 0 Å². The fourth-order valence-electron chi connectivity index (χ4n) is 1.77. The number of nitrogens with one attached hydrogen (secondary N) is 1. The summed E-state index contributed by atoms with van der Waals surface area (Å²) in [6.45, 7) is 1.32. The lowest BCUT2D eigenvalue weighted by Gasteiger charge is -2.07. The summed E-state index contributed by atoms with van der Waals surface area (Å²) in [5, 5.41) is 13.8. The molecule has 0 fully saturated rings. The number of nitrogen functional groups attached to an aromatic ring is 1. The number of nitro benzene ring substituents is 1. The zero-order chi connectivity index (χ0) is 13.7. The van der Waals surface area contributed by atoms with Gasteiger partial charge in [0.25, 0.3) is 5.69 Å². The number of rotatable bonds is 5. The average Bonchev–Trinajstić information content (AvgIpc) is 2.41. The normalized spacial score (nSPS) is 10.3. The summed E-state index contributed by atoms with van der Waals surface area (Å²) >= 11 is 0. The summed E-state index contributed by atoms with van der Waals surface area (Å²) in [5.41, 5.74) is 8.75. The summed E-state index contributed by atoms with van der Waals surface area (Å²) in [6, 6.07) is 14.2. The van der Waals surface area contributed by atoms with Gasteiger partial charge >= 0.3 is 0 Å². The first-order valence-electron chi connectivity index (χ1n) is 5.94. The molecule has 0 amide bonds. The minimum atomic E-state index is -0.401. The van der Waals surface area contributed by atoms with Gasteiger partial charge in [-0.3, -0.25) is 10.1 Å². The van der Waals surface area contributed by atoms with Gasteiger partial charge in [0.2, 0.25) is 0 Å². The van der Waals surface area contributed by atoms with E-state index in [9.17, 15) is 10.1 Å². The van der Waals surface area contributed by atoms with Crippen molar-refractivity contribution in [2.45, 2.75) is 13.1 Å². The number of non-ortho nitro benzene ring substituents is 1. The molecule has 5 nitrogen and oxygen atoms in total. The van der Waals surface area contributed by atoms with Crippen molar-refractivity contribution in [3.8, 4) is 0 Å². The van der Waals surface area contributed by atoms with Crippen LogP contribution in [0.5, 0.6) is 0 Å². The number of nitrogens with two attached hydrogens (primary N) is 1. The second-order valence-corrected chi connectivity index (χ2v) is 4.23. The van der Waals surface area contributed by atoms with Gasteiger partial charge in [0, 0.05) is 30.9 Å². The van der Waals surface area contributed by atoms with Crippen LogP contribution in [-0.2, 0) is 13.1 Å². The average molecular weight is 257 g/mol. The van der Waals surface area contributed by atoms with Crippen molar-refractivity contribution >= 4 is 11.4 Å². The van der Waals surface area contributed by atoms with E-state index in [1.54, 1.807) is 12.1 Å².